The van der Waals surface area contributed by atoms with Crippen LogP contribution in [-0.2, 0) is 61.7 Å². The van der Waals surface area contributed by atoms with E-state index in [1.807, 2.05) is 58.1 Å². The molecule has 0 aliphatic carbocycles. The molecular weight excluding hydrogens is 756 g/mol. The number of allylic oxidation sites excluding steroid dienone is 5. The van der Waals surface area contributed by atoms with E-state index in [9.17, 15) is 19.8 Å². The van der Waals surface area contributed by atoms with E-state index >= 15 is 0 Å². The molecule has 58 heavy (non-hydrogen) atoms. The second-order valence-corrected chi connectivity index (χ2v) is 17.3. The van der Waals surface area contributed by atoms with Crippen LogP contribution in [0.3, 0.4) is 0 Å². The van der Waals surface area contributed by atoms with Crippen molar-refractivity contribution in [1.82, 2.24) is 0 Å². The smallest absolute Gasteiger partial charge is 0.309 e. The van der Waals surface area contributed by atoms with E-state index in [2.05, 4.69) is 19.9 Å². The Hall–Kier alpha value is -2.12. The molecule has 0 spiro atoms. The van der Waals surface area contributed by atoms with Gasteiger partial charge in [0, 0.05) is 58.5 Å². The van der Waals surface area contributed by atoms with Gasteiger partial charge in [0.1, 0.15) is 42.7 Å². The van der Waals surface area contributed by atoms with Crippen molar-refractivity contribution in [2.75, 3.05) is 35.0 Å². The van der Waals surface area contributed by atoms with Crippen LogP contribution in [0.25, 0.3) is 0 Å². The van der Waals surface area contributed by atoms with Crippen LogP contribution in [0.2, 0.25) is 0 Å². The summed E-state index contributed by atoms with van der Waals surface area (Å²) in [5.41, 5.74) is -0.815. The molecule has 5 rings (SSSR count). The first-order valence-corrected chi connectivity index (χ1v) is 20.7. The van der Waals surface area contributed by atoms with Gasteiger partial charge < -0.3 is 62.3 Å². The zero-order valence-corrected chi connectivity index (χ0v) is 36.0. The third-order valence-electron chi connectivity index (χ3n) is 12.5. The summed E-state index contributed by atoms with van der Waals surface area (Å²) in [6, 6.07) is 0. The Morgan fingerprint density at radius 3 is 2.10 bits per heavy atom. The molecule has 5 saturated heterocycles. The van der Waals surface area contributed by atoms with Crippen molar-refractivity contribution in [2.24, 2.45) is 23.2 Å². The number of ketones is 1. The number of carbonyl (C=O) groups is 2. The highest BCUT2D eigenvalue weighted by Crippen LogP contribution is 2.46. The molecule has 330 valence electrons. The molecule has 2 N–H and O–H groups in total. The minimum atomic E-state index is -2.06. The number of cyclic esters (lactones) is 1. The van der Waals surface area contributed by atoms with Gasteiger partial charge in [0.25, 0.3) is 0 Å². The molecule has 0 aromatic rings. The largest absolute Gasteiger partial charge is 0.457 e. The SMILES string of the molecule is COC1C(C)OC(OC2C(O)COC(OC3CC4CC(=O)C5(O)OC(CC5C)C(C)(C)C(C=CC=CC=CC(C)C)OC(=O)CC(O4)C3C)C2OC)C(OC)C1OC. The number of carbonyl (C=O) groups excluding carboxylic acids is 2. The number of rotatable bonds is 12. The third-order valence-corrected chi connectivity index (χ3v) is 12.5. The van der Waals surface area contributed by atoms with E-state index in [0.717, 1.165) is 0 Å². The lowest BCUT2D eigenvalue weighted by molar-refractivity contribution is -0.358. The Balaban J connectivity index is 1.38. The molecule has 5 heterocycles. The number of esters is 1. The maximum absolute atomic E-state index is 14.0. The Bertz CT molecular complexity index is 1450. The molecule has 4 bridgehead atoms. The highest BCUT2D eigenvalue weighted by molar-refractivity contribution is 5.86. The molecule has 0 saturated carbocycles. The van der Waals surface area contributed by atoms with Gasteiger partial charge in [-0.05, 0) is 25.3 Å². The van der Waals surface area contributed by atoms with Crippen LogP contribution in [0.4, 0.5) is 0 Å². The van der Waals surface area contributed by atoms with Crippen LogP contribution >= 0.6 is 0 Å². The van der Waals surface area contributed by atoms with Crippen LogP contribution in [0, 0.1) is 23.2 Å². The fourth-order valence-corrected chi connectivity index (χ4v) is 8.79. The molecule has 0 aromatic carbocycles. The molecular formula is C43H68O15. The van der Waals surface area contributed by atoms with E-state index in [1.54, 1.807) is 21.1 Å². The van der Waals surface area contributed by atoms with Gasteiger partial charge in [-0.1, -0.05) is 71.9 Å². The Labute approximate surface area is 343 Å². The van der Waals surface area contributed by atoms with Crippen LogP contribution < -0.4 is 0 Å². The monoisotopic (exact) mass is 824 g/mol. The Kier molecular flexibility index (Phi) is 16.3. The molecule has 17 atom stereocenters. The number of methoxy groups -OCH3 is 4. The summed E-state index contributed by atoms with van der Waals surface area (Å²) in [6.45, 7) is 13.4. The zero-order valence-electron chi connectivity index (χ0n) is 36.0. The summed E-state index contributed by atoms with van der Waals surface area (Å²) in [4.78, 5) is 27.9. The minimum Gasteiger partial charge on any atom is -0.457 e. The normalized spacial score (nSPS) is 44.1. The molecule has 0 amide bonds. The van der Waals surface area contributed by atoms with Crippen molar-refractivity contribution < 1.29 is 71.9 Å². The summed E-state index contributed by atoms with van der Waals surface area (Å²) in [5.74, 6) is -3.58. The van der Waals surface area contributed by atoms with Crippen molar-refractivity contribution in [2.45, 2.75) is 166 Å². The fraction of sp³-hybridized carbons (Fsp3) is 0.814. The van der Waals surface area contributed by atoms with Crippen LogP contribution in [0.1, 0.15) is 74.1 Å². The average Bonchev–Trinajstić information content (AvgIpc) is 3.50. The lowest BCUT2D eigenvalue weighted by atomic mass is 9.77. The lowest BCUT2D eigenvalue weighted by Crippen LogP contribution is -2.63. The van der Waals surface area contributed by atoms with Gasteiger partial charge >= 0.3 is 5.97 Å². The molecule has 5 fully saturated rings. The topological polar surface area (TPSA) is 176 Å². The molecule has 15 heteroatoms. The van der Waals surface area contributed by atoms with Crippen molar-refractivity contribution in [3.63, 3.8) is 0 Å². The van der Waals surface area contributed by atoms with Crippen molar-refractivity contribution in [1.29, 1.82) is 0 Å². The van der Waals surface area contributed by atoms with E-state index in [-0.39, 0.29) is 25.9 Å². The maximum atomic E-state index is 14.0. The van der Waals surface area contributed by atoms with Gasteiger partial charge in [-0.2, -0.15) is 0 Å². The summed E-state index contributed by atoms with van der Waals surface area (Å²) in [7, 11) is 6.11. The number of Topliss-reactive ketones (excluding diaryl/α,β-unsaturated/α-hetero) is 1. The van der Waals surface area contributed by atoms with Crippen LogP contribution in [-0.4, -0.2) is 149 Å². The first-order chi connectivity index (χ1) is 27.5. The minimum absolute atomic E-state index is 0.117. The summed E-state index contributed by atoms with van der Waals surface area (Å²) >= 11 is 0. The van der Waals surface area contributed by atoms with Gasteiger partial charge in [-0.3, -0.25) is 9.59 Å². The van der Waals surface area contributed by atoms with Gasteiger partial charge in [-0.15, -0.1) is 0 Å². The number of aliphatic hydroxyl groups excluding tert-OH is 1. The number of aliphatic hydroxyl groups is 2. The van der Waals surface area contributed by atoms with Crippen molar-refractivity contribution in [3.8, 4) is 0 Å². The highest BCUT2D eigenvalue weighted by atomic mass is 16.8. The van der Waals surface area contributed by atoms with Crippen LogP contribution in [0.15, 0.2) is 36.5 Å². The predicted molar refractivity (Wildman–Crippen MR) is 209 cm³/mol. The highest BCUT2D eigenvalue weighted by Gasteiger charge is 2.57. The summed E-state index contributed by atoms with van der Waals surface area (Å²) in [6.07, 6.45) is 1.18. The maximum Gasteiger partial charge on any atom is 0.309 e. The number of hydrogen-bond donors (Lipinski definition) is 2. The fourth-order valence-electron chi connectivity index (χ4n) is 8.79. The molecule has 0 radical (unpaired) electrons. The van der Waals surface area contributed by atoms with Gasteiger partial charge in [0.2, 0.25) is 5.79 Å². The Morgan fingerprint density at radius 1 is 0.793 bits per heavy atom. The number of hydrogen-bond acceptors (Lipinski definition) is 15. The number of ether oxygens (including phenoxy) is 11. The molecule has 5 aliphatic heterocycles. The third kappa shape index (κ3) is 10.3. The van der Waals surface area contributed by atoms with E-state index < -0.39 is 121 Å². The van der Waals surface area contributed by atoms with E-state index in [1.165, 1.54) is 14.2 Å². The van der Waals surface area contributed by atoms with Crippen LogP contribution in [0.5, 0.6) is 0 Å². The quantitative estimate of drug-likeness (QED) is 0.215. The van der Waals surface area contributed by atoms with Crippen molar-refractivity contribution in [3.05, 3.63) is 36.5 Å². The zero-order chi connectivity index (χ0) is 42.5. The van der Waals surface area contributed by atoms with Crippen molar-refractivity contribution >= 4 is 11.8 Å². The van der Waals surface area contributed by atoms with E-state index in [4.69, 9.17) is 52.1 Å². The summed E-state index contributed by atoms with van der Waals surface area (Å²) in [5, 5.41) is 23.0. The van der Waals surface area contributed by atoms with E-state index in [0.29, 0.717) is 12.3 Å². The van der Waals surface area contributed by atoms with Gasteiger partial charge in [-0.25, -0.2) is 0 Å². The molecule has 0 aromatic heterocycles. The number of fused-ring (bicyclic) bond motifs is 4. The first kappa shape index (κ1) is 46.9. The Morgan fingerprint density at radius 2 is 1.45 bits per heavy atom. The molecule has 17 unspecified atom stereocenters. The average molecular weight is 825 g/mol. The second-order valence-electron chi connectivity index (χ2n) is 17.3. The lowest BCUT2D eigenvalue weighted by Gasteiger charge is -2.48. The van der Waals surface area contributed by atoms with Gasteiger partial charge in [0.15, 0.2) is 18.4 Å². The summed E-state index contributed by atoms with van der Waals surface area (Å²) < 4.78 is 67.3. The predicted octanol–water partition coefficient (Wildman–Crippen LogP) is 3.81. The molecule has 5 aliphatic rings. The van der Waals surface area contributed by atoms with Gasteiger partial charge in [0.05, 0.1) is 43.5 Å². The first-order valence-electron chi connectivity index (χ1n) is 20.7. The molecule has 15 nitrogen and oxygen atoms in total. The standard InChI is InChI=1S/C43H68O15/c1-23(2)16-14-12-13-15-17-32-42(6,7)33-18-24(3)43(47,58-33)31(45)20-27-19-29(25(4)30(54-27)21-34(46)56-32)55-40-38(50-10)36(28(44)22-52-40)57-41-39(51-11)37(49-9)35(48-8)26(5)53-41/h12-17,23-30,32-33,35-41,44,47H,18-22H2,1-11H3. The second kappa shape index (κ2) is 20.2.